The van der Waals surface area contributed by atoms with Crippen LogP contribution in [0.4, 0.5) is 0 Å². The smallest absolute Gasteiger partial charge is 0.330 e. The second kappa shape index (κ2) is 20.1. The summed E-state index contributed by atoms with van der Waals surface area (Å²) in [5.74, 6) is -2.03. The minimum Gasteiger partial charge on any atom is -0.453 e. The van der Waals surface area contributed by atoms with Crippen molar-refractivity contribution >= 4 is 5.97 Å². The Hall–Kier alpha value is -1.51. The second-order valence-corrected chi connectivity index (χ2v) is 16.7. The Morgan fingerprint density at radius 1 is 0.655 bits per heavy atom. The molecule has 3 saturated carbocycles. The number of rotatable bonds is 12. The molecule has 0 aromatic carbocycles. The molecule has 3 aliphatic carbocycles. The number of hydrogen-bond donors (Lipinski definition) is 11. The first-order valence-corrected chi connectivity index (χ1v) is 20.2. The van der Waals surface area contributed by atoms with Crippen molar-refractivity contribution in [3.8, 4) is 0 Å². The number of esters is 1. The highest BCUT2D eigenvalue weighted by Crippen LogP contribution is 2.43. The van der Waals surface area contributed by atoms with Crippen molar-refractivity contribution in [1.29, 1.82) is 0 Å². The Bertz CT molecular complexity index is 1330. The van der Waals surface area contributed by atoms with Crippen molar-refractivity contribution in [1.82, 2.24) is 0 Å². The normalized spacial score (nSPS) is 50.3. The van der Waals surface area contributed by atoms with E-state index in [1.807, 2.05) is 0 Å². The number of aliphatic hydroxyl groups is 11. The standard InChI is InChI=1S/C38H62O20/c1-51-23-7-15(8-24(52-2)29(23)45)3-6-28(44)58-36-27(14-53-37-33(49)31(47)30(46)26(13-39)56-37)57-38(34(50)32(36)48)55-25-12-18-20(42)10-17(40)11-22(18)54-35(25)16-4-5-19(41)21(43)9-16/h3,6,15-27,29-43,45-50H,4-5,7-14H2,1-2H3. The predicted molar refractivity (Wildman–Crippen MR) is 192 cm³/mol. The van der Waals surface area contributed by atoms with Crippen LogP contribution in [0.15, 0.2) is 12.2 Å². The maximum Gasteiger partial charge on any atom is 0.330 e. The third kappa shape index (κ3) is 10.2. The number of carbonyl (C=O) groups excluding carboxylic acids is 1. The molecule has 3 heterocycles. The van der Waals surface area contributed by atoms with E-state index in [9.17, 15) is 61.0 Å². The second-order valence-electron chi connectivity index (χ2n) is 16.7. The number of fused-ring (bicyclic) bond motifs is 1. The summed E-state index contributed by atoms with van der Waals surface area (Å²) in [6.07, 6.45) is -19.6. The number of hydrogen-bond acceptors (Lipinski definition) is 20. The first kappa shape index (κ1) is 46.0. The zero-order valence-electron chi connectivity index (χ0n) is 32.6. The lowest BCUT2D eigenvalue weighted by Crippen LogP contribution is -2.64. The van der Waals surface area contributed by atoms with E-state index < -0.39 is 148 Å². The minimum atomic E-state index is -1.86. The predicted octanol–water partition coefficient (Wildman–Crippen LogP) is -4.29. The van der Waals surface area contributed by atoms with Gasteiger partial charge in [0, 0.05) is 26.2 Å². The fraction of sp³-hybridized carbons (Fsp3) is 0.921. The van der Waals surface area contributed by atoms with Crippen LogP contribution in [-0.4, -0.2) is 212 Å². The molecular weight excluding hydrogens is 776 g/mol. The zero-order chi connectivity index (χ0) is 42.0. The van der Waals surface area contributed by atoms with Crippen molar-refractivity contribution in [3.05, 3.63) is 12.2 Å². The van der Waals surface area contributed by atoms with E-state index in [4.69, 9.17) is 37.9 Å². The average molecular weight is 839 g/mol. The number of methoxy groups -OCH3 is 2. The highest BCUT2D eigenvalue weighted by molar-refractivity contribution is 5.82. The molecule has 334 valence electrons. The van der Waals surface area contributed by atoms with Gasteiger partial charge in [0.25, 0.3) is 0 Å². The number of ether oxygens (including phenoxy) is 8. The van der Waals surface area contributed by atoms with E-state index in [1.54, 1.807) is 6.08 Å². The van der Waals surface area contributed by atoms with Crippen LogP contribution in [-0.2, 0) is 42.7 Å². The molecule has 21 atom stereocenters. The van der Waals surface area contributed by atoms with E-state index >= 15 is 0 Å². The summed E-state index contributed by atoms with van der Waals surface area (Å²) in [5, 5.41) is 116. The number of carbonyl (C=O) groups is 1. The maximum atomic E-state index is 13.3. The summed E-state index contributed by atoms with van der Waals surface area (Å²) in [6, 6.07) is 0. The van der Waals surface area contributed by atoms with E-state index in [0.717, 1.165) is 6.08 Å². The van der Waals surface area contributed by atoms with Gasteiger partial charge >= 0.3 is 5.97 Å². The average Bonchev–Trinajstić information content (AvgIpc) is 3.20. The lowest BCUT2D eigenvalue weighted by molar-refractivity contribution is -0.347. The quantitative estimate of drug-likeness (QED) is 0.0655. The molecule has 11 N–H and O–H groups in total. The van der Waals surface area contributed by atoms with Crippen LogP contribution in [0.1, 0.15) is 51.4 Å². The Kier molecular flexibility index (Phi) is 16.0. The third-order valence-corrected chi connectivity index (χ3v) is 12.9. The lowest BCUT2D eigenvalue weighted by Gasteiger charge is -2.51. The van der Waals surface area contributed by atoms with E-state index in [1.165, 1.54) is 14.2 Å². The molecule has 20 heteroatoms. The van der Waals surface area contributed by atoms with Crippen molar-refractivity contribution in [2.45, 2.75) is 174 Å². The Balaban J connectivity index is 1.21. The molecular formula is C38H62O20. The molecule has 3 saturated heterocycles. The molecule has 6 fully saturated rings. The van der Waals surface area contributed by atoms with Gasteiger partial charge in [0.2, 0.25) is 0 Å². The summed E-state index contributed by atoms with van der Waals surface area (Å²) < 4.78 is 46.7. The van der Waals surface area contributed by atoms with Gasteiger partial charge in [-0.2, -0.15) is 0 Å². The van der Waals surface area contributed by atoms with Gasteiger partial charge in [0.15, 0.2) is 18.7 Å². The van der Waals surface area contributed by atoms with Crippen LogP contribution in [0.2, 0.25) is 0 Å². The molecule has 0 amide bonds. The fourth-order valence-electron chi connectivity index (χ4n) is 9.50. The summed E-state index contributed by atoms with van der Waals surface area (Å²) in [5.41, 5.74) is 0. The molecule has 20 nitrogen and oxygen atoms in total. The van der Waals surface area contributed by atoms with Gasteiger partial charge in [-0.25, -0.2) is 4.79 Å². The highest BCUT2D eigenvalue weighted by atomic mass is 16.7. The van der Waals surface area contributed by atoms with Gasteiger partial charge in [-0.1, -0.05) is 6.08 Å². The van der Waals surface area contributed by atoms with Gasteiger partial charge in [-0.15, -0.1) is 0 Å². The monoisotopic (exact) mass is 838 g/mol. The number of aliphatic hydroxyl groups excluding tert-OH is 11. The van der Waals surface area contributed by atoms with Gasteiger partial charge in [-0.3, -0.25) is 0 Å². The Morgan fingerprint density at radius 3 is 1.98 bits per heavy atom. The van der Waals surface area contributed by atoms with Crippen LogP contribution in [0.25, 0.3) is 0 Å². The highest BCUT2D eigenvalue weighted by Gasteiger charge is 2.54. The van der Waals surface area contributed by atoms with E-state index in [-0.39, 0.29) is 43.9 Å². The first-order chi connectivity index (χ1) is 27.6. The zero-order valence-corrected chi connectivity index (χ0v) is 32.6. The van der Waals surface area contributed by atoms with Crippen LogP contribution in [0.3, 0.4) is 0 Å². The minimum absolute atomic E-state index is 0.110. The van der Waals surface area contributed by atoms with Gasteiger partial charge in [0.05, 0.1) is 68.1 Å². The van der Waals surface area contributed by atoms with Gasteiger partial charge in [-0.05, 0) is 63.2 Å². The third-order valence-electron chi connectivity index (χ3n) is 12.9. The molecule has 0 aromatic rings. The summed E-state index contributed by atoms with van der Waals surface area (Å²) in [7, 11) is 2.91. The van der Waals surface area contributed by atoms with Gasteiger partial charge in [0.1, 0.15) is 48.8 Å². The van der Waals surface area contributed by atoms with Crippen molar-refractivity contribution in [2.75, 3.05) is 27.4 Å². The maximum absolute atomic E-state index is 13.3. The molecule has 6 aliphatic rings. The van der Waals surface area contributed by atoms with Crippen LogP contribution in [0.5, 0.6) is 0 Å². The van der Waals surface area contributed by atoms with Crippen molar-refractivity contribution in [2.24, 2.45) is 17.8 Å². The van der Waals surface area contributed by atoms with Crippen LogP contribution >= 0.6 is 0 Å². The molecule has 0 spiro atoms. The molecule has 0 aromatic heterocycles. The largest absolute Gasteiger partial charge is 0.453 e. The molecule has 3 aliphatic heterocycles. The molecule has 58 heavy (non-hydrogen) atoms. The van der Waals surface area contributed by atoms with Gasteiger partial charge < -0.3 is 94.1 Å². The van der Waals surface area contributed by atoms with E-state index in [2.05, 4.69) is 0 Å². The molecule has 0 bridgehead atoms. The Labute approximate surface area is 335 Å². The molecule has 21 unspecified atom stereocenters. The topological polar surface area (TPSA) is 313 Å². The van der Waals surface area contributed by atoms with Crippen molar-refractivity contribution < 1.29 is 98.9 Å². The summed E-state index contributed by atoms with van der Waals surface area (Å²) >= 11 is 0. The number of allylic oxidation sites excluding steroid dienone is 1. The summed E-state index contributed by atoms with van der Waals surface area (Å²) in [4.78, 5) is 13.3. The summed E-state index contributed by atoms with van der Waals surface area (Å²) in [6.45, 7) is -1.34. The fourth-order valence-corrected chi connectivity index (χ4v) is 9.50. The SMILES string of the molecule is COC1CC(C=CC(=O)OC2C(COC3OC(CO)C(O)C(O)C3O)OC(OC3CC4C(O)CC(O)CC4OC3C3CCC(O)C(O)C3)C(O)C2O)CC(OC)C1O. The molecule has 0 radical (unpaired) electrons. The molecule has 6 rings (SSSR count). The first-order valence-electron chi connectivity index (χ1n) is 20.2. The van der Waals surface area contributed by atoms with Crippen LogP contribution < -0.4 is 0 Å². The van der Waals surface area contributed by atoms with Crippen LogP contribution in [0, 0.1) is 17.8 Å². The Morgan fingerprint density at radius 2 is 1.33 bits per heavy atom. The van der Waals surface area contributed by atoms with E-state index in [0.29, 0.717) is 19.3 Å². The van der Waals surface area contributed by atoms with Crippen molar-refractivity contribution in [3.63, 3.8) is 0 Å². The lowest BCUT2D eigenvalue weighted by atomic mass is 9.72.